The van der Waals surface area contributed by atoms with Crippen LogP contribution in [0.15, 0.2) is 54.6 Å². The molecule has 1 heterocycles. The summed E-state index contributed by atoms with van der Waals surface area (Å²) in [4.78, 5) is 26.8. The SMILES string of the molecule is C[C@H](NC(=O)C1CCN(C(=O)/C=C/c2ccccc2)CC1)c1ccc(Cl)c(Cl)c1. The van der Waals surface area contributed by atoms with Crippen molar-refractivity contribution in [1.82, 2.24) is 10.2 Å². The fourth-order valence-corrected chi connectivity index (χ4v) is 3.70. The summed E-state index contributed by atoms with van der Waals surface area (Å²) in [5.41, 5.74) is 1.90. The standard InChI is InChI=1S/C23H24Cl2N2O2/c1-16(19-8-9-20(24)21(25)15-19)26-23(29)18-11-13-27(14-12-18)22(28)10-7-17-5-3-2-4-6-17/h2-10,15-16,18H,11-14H2,1H3,(H,26,29)/b10-7+/t16-/m0/s1. The first-order chi connectivity index (χ1) is 13.9. The van der Waals surface area contributed by atoms with E-state index in [1.165, 1.54) is 0 Å². The molecule has 6 heteroatoms. The molecular weight excluding hydrogens is 407 g/mol. The molecule has 3 rings (SSSR count). The molecule has 2 aromatic rings. The Balaban J connectivity index is 1.49. The van der Waals surface area contributed by atoms with E-state index in [-0.39, 0.29) is 23.8 Å². The van der Waals surface area contributed by atoms with Crippen molar-refractivity contribution < 1.29 is 9.59 Å². The number of nitrogens with one attached hydrogen (secondary N) is 1. The number of halogens is 2. The predicted molar refractivity (Wildman–Crippen MR) is 118 cm³/mol. The minimum absolute atomic E-state index is 0.00972. The first kappa shape index (κ1) is 21.4. The molecule has 1 atom stereocenters. The molecule has 0 aromatic heterocycles. The van der Waals surface area contributed by atoms with Crippen LogP contribution in [0.25, 0.3) is 6.08 Å². The summed E-state index contributed by atoms with van der Waals surface area (Å²) in [7, 11) is 0. The number of nitrogens with zero attached hydrogens (tertiary/aromatic N) is 1. The van der Waals surface area contributed by atoms with Gasteiger partial charge in [-0.1, -0.05) is 59.6 Å². The highest BCUT2D eigenvalue weighted by molar-refractivity contribution is 6.42. The number of likely N-dealkylation sites (tertiary alicyclic amines) is 1. The van der Waals surface area contributed by atoms with Gasteiger partial charge in [-0.2, -0.15) is 0 Å². The molecule has 0 aliphatic carbocycles. The highest BCUT2D eigenvalue weighted by Gasteiger charge is 2.27. The molecule has 1 aliphatic heterocycles. The van der Waals surface area contributed by atoms with Gasteiger partial charge in [0.05, 0.1) is 16.1 Å². The normalized spacial score (nSPS) is 16.0. The summed E-state index contributed by atoms with van der Waals surface area (Å²) in [6, 6.07) is 14.9. The van der Waals surface area contributed by atoms with Gasteiger partial charge in [0, 0.05) is 25.1 Å². The number of carbonyl (C=O) groups excluding carboxylic acids is 2. The van der Waals surface area contributed by atoms with Gasteiger partial charge in [-0.15, -0.1) is 0 Å². The van der Waals surface area contributed by atoms with E-state index in [0.29, 0.717) is 36.0 Å². The van der Waals surface area contributed by atoms with Gasteiger partial charge in [-0.05, 0) is 49.1 Å². The number of amides is 2. The van der Waals surface area contributed by atoms with Crippen LogP contribution >= 0.6 is 23.2 Å². The molecule has 0 unspecified atom stereocenters. The maximum atomic E-state index is 12.6. The van der Waals surface area contributed by atoms with Crippen LogP contribution in [0.2, 0.25) is 10.0 Å². The van der Waals surface area contributed by atoms with Gasteiger partial charge in [-0.25, -0.2) is 0 Å². The summed E-state index contributed by atoms with van der Waals surface area (Å²) >= 11 is 12.0. The average Bonchev–Trinajstić information content (AvgIpc) is 2.74. The molecule has 1 aliphatic rings. The number of carbonyl (C=O) groups is 2. The highest BCUT2D eigenvalue weighted by atomic mass is 35.5. The van der Waals surface area contributed by atoms with Crippen LogP contribution in [0.1, 0.15) is 36.9 Å². The quantitative estimate of drug-likeness (QED) is 0.668. The van der Waals surface area contributed by atoms with E-state index in [1.807, 2.05) is 49.4 Å². The Morgan fingerprint density at radius 3 is 2.41 bits per heavy atom. The van der Waals surface area contributed by atoms with Gasteiger partial charge in [0.2, 0.25) is 11.8 Å². The Kier molecular flexibility index (Phi) is 7.34. The van der Waals surface area contributed by atoms with E-state index < -0.39 is 0 Å². The van der Waals surface area contributed by atoms with Crippen molar-refractivity contribution in [3.8, 4) is 0 Å². The lowest BCUT2D eigenvalue weighted by molar-refractivity contribution is -0.132. The fourth-order valence-electron chi connectivity index (χ4n) is 3.40. The Morgan fingerprint density at radius 2 is 1.76 bits per heavy atom. The van der Waals surface area contributed by atoms with E-state index in [1.54, 1.807) is 23.1 Å². The molecule has 4 nitrogen and oxygen atoms in total. The lowest BCUT2D eigenvalue weighted by Gasteiger charge is -2.31. The smallest absolute Gasteiger partial charge is 0.246 e. The molecule has 0 bridgehead atoms. The van der Waals surface area contributed by atoms with Crippen molar-refractivity contribution in [2.75, 3.05) is 13.1 Å². The Bertz CT molecular complexity index is 891. The molecule has 1 saturated heterocycles. The number of benzene rings is 2. The van der Waals surface area contributed by atoms with Crippen LogP contribution in [-0.2, 0) is 9.59 Å². The lowest BCUT2D eigenvalue weighted by atomic mass is 9.95. The zero-order valence-corrected chi connectivity index (χ0v) is 17.8. The monoisotopic (exact) mass is 430 g/mol. The fraction of sp³-hybridized carbons (Fsp3) is 0.304. The van der Waals surface area contributed by atoms with E-state index in [2.05, 4.69) is 5.32 Å². The Hall–Kier alpha value is -2.30. The summed E-state index contributed by atoms with van der Waals surface area (Å²) in [6.07, 6.45) is 4.73. The van der Waals surface area contributed by atoms with Crippen LogP contribution in [0.5, 0.6) is 0 Å². The van der Waals surface area contributed by atoms with Crippen LogP contribution in [0.4, 0.5) is 0 Å². The molecule has 152 valence electrons. The molecule has 0 spiro atoms. The van der Waals surface area contributed by atoms with Crippen molar-refractivity contribution in [2.45, 2.75) is 25.8 Å². The minimum atomic E-state index is -0.161. The van der Waals surface area contributed by atoms with Gasteiger partial charge < -0.3 is 10.2 Å². The predicted octanol–water partition coefficient (Wildman–Crippen LogP) is 5.12. The first-order valence-electron chi connectivity index (χ1n) is 9.71. The number of piperidine rings is 1. The van der Waals surface area contributed by atoms with Gasteiger partial charge in [-0.3, -0.25) is 9.59 Å². The molecule has 2 aromatic carbocycles. The second-order valence-electron chi connectivity index (χ2n) is 7.25. The van der Waals surface area contributed by atoms with Crippen molar-refractivity contribution in [1.29, 1.82) is 0 Å². The summed E-state index contributed by atoms with van der Waals surface area (Å²) < 4.78 is 0. The van der Waals surface area contributed by atoms with E-state index in [4.69, 9.17) is 23.2 Å². The molecule has 2 amide bonds. The molecule has 29 heavy (non-hydrogen) atoms. The Labute approximate surface area is 181 Å². The Morgan fingerprint density at radius 1 is 1.07 bits per heavy atom. The highest BCUT2D eigenvalue weighted by Crippen LogP contribution is 2.26. The second-order valence-corrected chi connectivity index (χ2v) is 8.06. The number of hydrogen-bond acceptors (Lipinski definition) is 2. The van der Waals surface area contributed by atoms with Crippen molar-refractivity contribution in [3.05, 3.63) is 75.8 Å². The third kappa shape index (κ3) is 5.84. The minimum Gasteiger partial charge on any atom is -0.349 e. The summed E-state index contributed by atoms with van der Waals surface area (Å²) in [6.45, 7) is 3.08. The van der Waals surface area contributed by atoms with Crippen LogP contribution in [0.3, 0.4) is 0 Å². The van der Waals surface area contributed by atoms with Gasteiger partial charge in [0.25, 0.3) is 0 Å². The molecule has 1 N–H and O–H groups in total. The van der Waals surface area contributed by atoms with E-state index >= 15 is 0 Å². The van der Waals surface area contributed by atoms with E-state index in [9.17, 15) is 9.59 Å². The van der Waals surface area contributed by atoms with Gasteiger partial charge in [0.1, 0.15) is 0 Å². The van der Waals surface area contributed by atoms with Gasteiger partial charge in [0.15, 0.2) is 0 Å². The van der Waals surface area contributed by atoms with Crippen molar-refractivity contribution in [3.63, 3.8) is 0 Å². The third-order valence-electron chi connectivity index (χ3n) is 5.20. The molecule has 0 radical (unpaired) electrons. The zero-order chi connectivity index (χ0) is 20.8. The van der Waals surface area contributed by atoms with Gasteiger partial charge >= 0.3 is 0 Å². The van der Waals surface area contributed by atoms with Crippen LogP contribution < -0.4 is 5.32 Å². The number of rotatable bonds is 5. The maximum absolute atomic E-state index is 12.6. The molecule has 0 saturated carbocycles. The van der Waals surface area contributed by atoms with E-state index in [0.717, 1.165) is 11.1 Å². The third-order valence-corrected chi connectivity index (χ3v) is 5.94. The second kappa shape index (κ2) is 9.95. The van der Waals surface area contributed by atoms with Crippen LogP contribution in [-0.4, -0.2) is 29.8 Å². The van der Waals surface area contributed by atoms with Crippen LogP contribution in [0, 0.1) is 5.92 Å². The average molecular weight is 431 g/mol. The maximum Gasteiger partial charge on any atom is 0.246 e. The lowest BCUT2D eigenvalue weighted by Crippen LogP contribution is -2.43. The van der Waals surface area contributed by atoms with Crippen molar-refractivity contribution >= 4 is 41.1 Å². The number of hydrogen-bond donors (Lipinski definition) is 1. The summed E-state index contributed by atoms with van der Waals surface area (Å²) in [5, 5.41) is 4.01. The summed E-state index contributed by atoms with van der Waals surface area (Å²) in [5.74, 6) is -0.102. The topological polar surface area (TPSA) is 49.4 Å². The molecular formula is C23H24Cl2N2O2. The largest absolute Gasteiger partial charge is 0.349 e. The zero-order valence-electron chi connectivity index (χ0n) is 16.3. The van der Waals surface area contributed by atoms with Crippen molar-refractivity contribution in [2.24, 2.45) is 5.92 Å². The molecule has 1 fully saturated rings. The first-order valence-corrected chi connectivity index (χ1v) is 10.5.